The number of ether oxygens (including phenoxy) is 1. The molecule has 27 heavy (non-hydrogen) atoms. The van der Waals surface area contributed by atoms with E-state index in [0.29, 0.717) is 0 Å². The summed E-state index contributed by atoms with van der Waals surface area (Å²) in [6, 6.07) is 16.0. The molecule has 0 aliphatic rings. The SMILES string of the molecule is COc1ccc(N=Cc2cc(C)n(-c3ccc(S(N)(=O)=O)cc3)c2C)cc1. The van der Waals surface area contributed by atoms with Crippen molar-refractivity contribution >= 4 is 21.9 Å². The van der Waals surface area contributed by atoms with Crippen molar-refractivity contribution in [1.82, 2.24) is 4.57 Å². The van der Waals surface area contributed by atoms with Gasteiger partial charge in [-0.3, -0.25) is 4.99 Å². The third-order valence-corrected chi connectivity index (χ3v) is 5.25. The maximum atomic E-state index is 11.4. The number of nitrogens with zero attached hydrogens (tertiary/aromatic N) is 2. The van der Waals surface area contributed by atoms with E-state index in [1.807, 2.05) is 55.0 Å². The second-order valence-corrected chi connectivity index (χ2v) is 7.72. The number of aromatic nitrogens is 1. The van der Waals surface area contributed by atoms with Gasteiger partial charge in [-0.25, -0.2) is 13.6 Å². The van der Waals surface area contributed by atoms with Crippen molar-refractivity contribution < 1.29 is 13.2 Å². The van der Waals surface area contributed by atoms with Crippen LogP contribution in [0.15, 0.2) is 64.5 Å². The molecule has 0 amide bonds. The van der Waals surface area contributed by atoms with Crippen molar-refractivity contribution in [2.75, 3.05) is 7.11 Å². The van der Waals surface area contributed by atoms with Crippen LogP contribution in [0.3, 0.4) is 0 Å². The first-order chi connectivity index (χ1) is 12.8. The Morgan fingerprint density at radius 3 is 2.22 bits per heavy atom. The average Bonchev–Trinajstić information content (AvgIpc) is 2.93. The van der Waals surface area contributed by atoms with E-state index in [-0.39, 0.29) is 4.90 Å². The van der Waals surface area contributed by atoms with E-state index in [1.165, 1.54) is 12.1 Å². The molecule has 0 atom stereocenters. The standard InChI is InChI=1S/C20H21N3O3S/c1-14-12-16(13-22-17-4-8-19(26-3)9-5-17)15(2)23(14)18-6-10-20(11-7-18)27(21,24)25/h4-13H,1-3H3,(H2,21,24,25). The largest absolute Gasteiger partial charge is 0.497 e. The lowest BCUT2D eigenvalue weighted by Crippen LogP contribution is -2.12. The number of primary sulfonamides is 1. The van der Waals surface area contributed by atoms with Gasteiger partial charge in [0.05, 0.1) is 17.7 Å². The highest BCUT2D eigenvalue weighted by Crippen LogP contribution is 2.22. The van der Waals surface area contributed by atoms with Crippen LogP contribution in [-0.4, -0.2) is 26.3 Å². The molecule has 3 rings (SSSR count). The van der Waals surface area contributed by atoms with Gasteiger partial charge in [0.1, 0.15) is 5.75 Å². The number of aryl methyl sites for hydroxylation is 1. The first-order valence-electron chi connectivity index (χ1n) is 8.30. The van der Waals surface area contributed by atoms with Crippen LogP contribution in [0.2, 0.25) is 0 Å². The molecule has 140 valence electrons. The summed E-state index contributed by atoms with van der Waals surface area (Å²) >= 11 is 0. The lowest BCUT2D eigenvalue weighted by molar-refractivity contribution is 0.415. The monoisotopic (exact) mass is 383 g/mol. The van der Waals surface area contributed by atoms with Crippen LogP contribution in [0.25, 0.3) is 5.69 Å². The van der Waals surface area contributed by atoms with E-state index in [4.69, 9.17) is 9.88 Å². The smallest absolute Gasteiger partial charge is 0.238 e. The Balaban J connectivity index is 1.91. The van der Waals surface area contributed by atoms with E-state index in [0.717, 1.165) is 34.1 Å². The Kier molecular flexibility index (Phi) is 5.16. The third-order valence-electron chi connectivity index (χ3n) is 4.32. The molecule has 0 aliphatic carbocycles. The highest BCUT2D eigenvalue weighted by atomic mass is 32.2. The molecular weight excluding hydrogens is 362 g/mol. The number of sulfonamides is 1. The topological polar surface area (TPSA) is 86.7 Å². The zero-order valence-electron chi connectivity index (χ0n) is 15.4. The molecule has 1 aromatic heterocycles. The van der Waals surface area contributed by atoms with Gasteiger partial charge in [-0.1, -0.05) is 0 Å². The lowest BCUT2D eigenvalue weighted by Gasteiger charge is -2.10. The highest BCUT2D eigenvalue weighted by molar-refractivity contribution is 7.89. The molecule has 7 heteroatoms. The minimum Gasteiger partial charge on any atom is -0.497 e. The molecule has 2 aromatic carbocycles. The van der Waals surface area contributed by atoms with Gasteiger partial charge in [0.2, 0.25) is 10.0 Å². The summed E-state index contributed by atoms with van der Waals surface area (Å²) in [5, 5.41) is 5.16. The van der Waals surface area contributed by atoms with Crippen LogP contribution in [0.4, 0.5) is 5.69 Å². The highest BCUT2D eigenvalue weighted by Gasteiger charge is 2.11. The number of hydrogen-bond acceptors (Lipinski definition) is 4. The molecule has 0 bridgehead atoms. The number of aliphatic imine (C=N–C) groups is 1. The number of benzene rings is 2. The molecular formula is C20H21N3O3S. The van der Waals surface area contributed by atoms with Crippen molar-refractivity contribution in [3.05, 3.63) is 71.5 Å². The second kappa shape index (κ2) is 7.38. The molecule has 0 unspecified atom stereocenters. The second-order valence-electron chi connectivity index (χ2n) is 6.16. The Morgan fingerprint density at radius 1 is 1.04 bits per heavy atom. The van der Waals surface area contributed by atoms with Gasteiger partial charge >= 0.3 is 0 Å². The first-order valence-corrected chi connectivity index (χ1v) is 9.84. The summed E-state index contributed by atoms with van der Waals surface area (Å²) in [5.41, 5.74) is 4.71. The molecule has 6 nitrogen and oxygen atoms in total. The normalized spacial score (nSPS) is 11.9. The van der Waals surface area contributed by atoms with Gasteiger partial charge in [0, 0.05) is 28.9 Å². The van der Waals surface area contributed by atoms with Crippen LogP contribution >= 0.6 is 0 Å². The fourth-order valence-corrected chi connectivity index (χ4v) is 3.43. The van der Waals surface area contributed by atoms with Crippen LogP contribution in [0.5, 0.6) is 5.75 Å². The molecule has 0 spiro atoms. The fraction of sp³-hybridized carbons (Fsp3) is 0.150. The minimum atomic E-state index is -3.70. The van der Waals surface area contributed by atoms with Crippen LogP contribution in [0, 0.1) is 13.8 Å². The number of rotatable bonds is 5. The van der Waals surface area contributed by atoms with Gasteiger partial charge in [-0.05, 0) is 68.4 Å². The Labute approximate surface area is 159 Å². The van der Waals surface area contributed by atoms with Crippen LogP contribution in [0.1, 0.15) is 17.0 Å². The summed E-state index contributed by atoms with van der Waals surface area (Å²) in [4.78, 5) is 4.61. The summed E-state index contributed by atoms with van der Waals surface area (Å²) in [6.45, 7) is 3.99. The van der Waals surface area contributed by atoms with Crippen molar-refractivity contribution in [3.63, 3.8) is 0 Å². The van der Waals surface area contributed by atoms with Gasteiger partial charge in [0.25, 0.3) is 0 Å². The Morgan fingerprint density at radius 2 is 1.67 bits per heavy atom. The summed E-state index contributed by atoms with van der Waals surface area (Å²) in [5.74, 6) is 0.787. The van der Waals surface area contributed by atoms with Crippen LogP contribution < -0.4 is 9.88 Å². The quantitative estimate of drug-likeness (QED) is 0.684. The van der Waals surface area contributed by atoms with E-state index in [1.54, 1.807) is 19.2 Å². The Hall–Kier alpha value is -2.90. The van der Waals surface area contributed by atoms with Gasteiger partial charge < -0.3 is 9.30 Å². The van der Waals surface area contributed by atoms with Crippen molar-refractivity contribution in [2.45, 2.75) is 18.7 Å². The molecule has 3 aromatic rings. The van der Waals surface area contributed by atoms with E-state index in [2.05, 4.69) is 4.99 Å². The lowest BCUT2D eigenvalue weighted by atomic mass is 10.2. The van der Waals surface area contributed by atoms with Crippen molar-refractivity contribution in [1.29, 1.82) is 0 Å². The molecule has 1 heterocycles. The van der Waals surface area contributed by atoms with E-state index < -0.39 is 10.0 Å². The van der Waals surface area contributed by atoms with Crippen LogP contribution in [-0.2, 0) is 10.0 Å². The molecule has 0 saturated heterocycles. The molecule has 0 radical (unpaired) electrons. The van der Waals surface area contributed by atoms with Gasteiger partial charge in [-0.2, -0.15) is 0 Å². The van der Waals surface area contributed by atoms with Crippen molar-refractivity contribution in [2.24, 2.45) is 10.1 Å². The average molecular weight is 383 g/mol. The fourth-order valence-electron chi connectivity index (χ4n) is 2.91. The van der Waals surface area contributed by atoms with Crippen molar-refractivity contribution in [3.8, 4) is 11.4 Å². The maximum Gasteiger partial charge on any atom is 0.238 e. The molecule has 0 aliphatic heterocycles. The predicted molar refractivity (Wildman–Crippen MR) is 107 cm³/mol. The maximum absolute atomic E-state index is 11.4. The molecule has 0 saturated carbocycles. The molecule has 2 N–H and O–H groups in total. The summed E-state index contributed by atoms with van der Waals surface area (Å²) in [6.07, 6.45) is 1.82. The first kappa shape index (κ1) is 18.9. The summed E-state index contributed by atoms with van der Waals surface area (Å²) < 4.78 is 30.0. The molecule has 0 fully saturated rings. The predicted octanol–water partition coefficient (Wildman–Crippen LogP) is 3.50. The number of nitrogens with two attached hydrogens (primary N) is 1. The van der Waals surface area contributed by atoms with Gasteiger partial charge in [-0.15, -0.1) is 0 Å². The zero-order valence-corrected chi connectivity index (χ0v) is 16.2. The minimum absolute atomic E-state index is 0.0926. The Bertz CT molecular complexity index is 1080. The zero-order chi connectivity index (χ0) is 19.6. The van der Waals surface area contributed by atoms with Gasteiger partial charge in [0.15, 0.2) is 0 Å². The summed E-state index contributed by atoms with van der Waals surface area (Å²) in [7, 11) is -2.07. The third kappa shape index (κ3) is 4.10. The van der Waals surface area contributed by atoms with E-state index in [9.17, 15) is 8.42 Å². The number of hydrogen-bond donors (Lipinski definition) is 1. The van der Waals surface area contributed by atoms with E-state index >= 15 is 0 Å². The number of methoxy groups -OCH3 is 1.